The quantitative estimate of drug-likeness (QED) is 0.186. The Balaban J connectivity index is 1.61. The number of hydrogen-bond acceptors (Lipinski definition) is 8. The first kappa shape index (κ1) is 31.2. The number of halogens is 3. The van der Waals surface area contributed by atoms with Crippen molar-refractivity contribution in [1.29, 1.82) is 0 Å². The minimum atomic E-state index is -4.81. The summed E-state index contributed by atoms with van der Waals surface area (Å²) in [6, 6.07) is 12.6. The molecule has 2 N–H and O–H groups in total. The molecular formula is C26H23ClF2N4O7S2. The average molecular weight is 641 g/mol. The van der Waals surface area contributed by atoms with Crippen molar-refractivity contribution in [3.8, 4) is 11.5 Å². The van der Waals surface area contributed by atoms with Crippen molar-refractivity contribution in [2.75, 3.05) is 26.7 Å². The highest BCUT2D eigenvalue weighted by Crippen LogP contribution is 2.32. The fourth-order valence-electron chi connectivity index (χ4n) is 3.89. The Morgan fingerprint density at radius 1 is 1.00 bits per heavy atom. The predicted molar refractivity (Wildman–Crippen MR) is 148 cm³/mol. The summed E-state index contributed by atoms with van der Waals surface area (Å²) in [5, 5.41) is 10.3. The molecular weight excluding hydrogens is 618 g/mol. The Bertz CT molecular complexity index is 1820. The normalized spacial score (nSPS) is 12.2. The smallest absolute Gasteiger partial charge is 0.258 e. The molecule has 4 aromatic rings. The van der Waals surface area contributed by atoms with Crippen LogP contribution in [0.5, 0.6) is 11.5 Å². The molecule has 1 heterocycles. The van der Waals surface area contributed by atoms with Crippen molar-refractivity contribution >= 4 is 48.3 Å². The fraction of sp³-hybridized carbons (Fsp3) is 0.154. The van der Waals surface area contributed by atoms with Crippen molar-refractivity contribution in [2.24, 2.45) is 0 Å². The van der Waals surface area contributed by atoms with Crippen molar-refractivity contribution in [1.82, 2.24) is 19.1 Å². The van der Waals surface area contributed by atoms with E-state index in [2.05, 4.69) is 4.98 Å². The Kier molecular flexibility index (Phi) is 9.40. The third kappa shape index (κ3) is 6.67. The molecule has 1 amide bonds. The van der Waals surface area contributed by atoms with Gasteiger partial charge in [0.25, 0.3) is 5.91 Å². The minimum absolute atomic E-state index is 0.0285. The van der Waals surface area contributed by atoms with Gasteiger partial charge in [0.1, 0.15) is 5.75 Å². The lowest BCUT2D eigenvalue weighted by Crippen LogP contribution is -2.44. The first-order chi connectivity index (χ1) is 19.8. The summed E-state index contributed by atoms with van der Waals surface area (Å²) in [4.78, 5) is 15.0. The number of sulfonamides is 2. The van der Waals surface area contributed by atoms with Gasteiger partial charge < -0.3 is 4.74 Å². The summed E-state index contributed by atoms with van der Waals surface area (Å²) in [7, 11) is -7.77. The van der Waals surface area contributed by atoms with Gasteiger partial charge in [-0.1, -0.05) is 23.7 Å². The lowest BCUT2D eigenvalue weighted by Gasteiger charge is -2.25. The zero-order chi connectivity index (χ0) is 30.7. The highest BCUT2D eigenvalue weighted by Gasteiger charge is 2.31. The molecule has 0 fully saturated rings. The molecule has 0 bridgehead atoms. The Morgan fingerprint density at radius 3 is 2.31 bits per heavy atom. The van der Waals surface area contributed by atoms with Gasteiger partial charge in [-0.05, 0) is 48.5 Å². The summed E-state index contributed by atoms with van der Waals surface area (Å²) < 4.78 is 89.9. The topological polar surface area (TPSA) is 146 Å². The highest BCUT2D eigenvalue weighted by molar-refractivity contribution is 7.89. The summed E-state index contributed by atoms with van der Waals surface area (Å²) >= 11 is 5.79. The van der Waals surface area contributed by atoms with Crippen LogP contribution in [0.1, 0.15) is 0 Å². The lowest BCUT2D eigenvalue weighted by molar-refractivity contribution is -0.129. The largest absolute Gasteiger partial charge is 0.451 e. The van der Waals surface area contributed by atoms with Crippen molar-refractivity contribution in [3.63, 3.8) is 0 Å². The number of benzene rings is 3. The molecule has 0 saturated heterocycles. The Hall–Kier alpha value is -3.73. The van der Waals surface area contributed by atoms with Crippen LogP contribution in [-0.4, -0.2) is 68.2 Å². The van der Waals surface area contributed by atoms with E-state index in [4.69, 9.17) is 21.5 Å². The zero-order valence-electron chi connectivity index (χ0n) is 21.7. The van der Waals surface area contributed by atoms with E-state index in [1.54, 1.807) is 6.07 Å². The number of hydroxylamine groups is 1. The van der Waals surface area contributed by atoms with Crippen molar-refractivity contribution < 1.29 is 40.4 Å². The number of nitrogens with zero attached hydrogens (tertiary/aromatic N) is 3. The molecule has 16 heteroatoms. The molecule has 0 aliphatic rings. The summed E-state index contributed by atoms with van der Waals surface area (Å²) in [6.07, 6.45) is 2.91. The van der Waals surface area contributed by atoms with E-state index >= 15 is 0 Å². The molecule has 0 saturated carbocycles. The van der Waals surface area contributed by atoms with E-state index in [0.29, 0.717) is 32.2 Å². The molecule has 3 aromatic carbocycles. The number of hydrogen-bond donors (Lipinski definition) is 2. The SMILES string of the molecule is CN(CCN(CC(=O)NO)S(=O)(=O)c1cc(F)c(Oc2ccc(Cl)cc2)c(F)c1)S(=O)(=O)c1cccc2cnccc12. The van der Waals surface area contributed by atoms with Crippen LogP contribution >= 0.6 is 11.6 Å². The van der Waals surface area contributed by atoms with E-state index in [0.717, 1.165) is 4.31 Å². The van der Waals surface area contributed by atoms with Gasteiger partial charge in [0.2, 0.25) is 20.0 Å². The number of rotatable bonds is 11. The van der Waals surface area contributed by atoms with Crippen LogP contribution in [0.3, 0.4) is 0 Å². The number of carbonyl (C=O) groups excluding carboxylic acids is 1. The molecule has 0 atom stereocenters. The zero-order valence-corrected chi connectivity index (χ0v) is 24.1. The van der Waals surface area contributed by atoms with Gasteiger partial charge in [0.05, 0.1) is 16.3 Å². The van der Waals surface area contributed by atoms with Crippen LogP contribution < -0.4 is 10.2 Å². The maximum atomic E-state index is 14.9. The third-order valence-electron chi connectivity index (χ3n) is 6.08. The lowest BCUT2D eigenvalue weighted by atomic mass is 10.2. The summed E-state index contributed by atoms with van der Waals surface area (Å²) in [5.74, 6) is -4.75. The minimum Gasteiger partial charge on any atom is -0.451 e. The van der Waals surface area contributed by atoms with Gasteiger partial charge in [-0.15, -0.1) is 0 Å². The fourth-order valence-corrected chi connectivity index (χ4v) is 6.80. The molecule has 0 spiro atoms. The number of carbonyl (C=O) groups is 1. The highest BCUT2D eigenvalue weighted by atomic mass is 35.5. The number of nitrogens with one attached hydrogen (secondary N) is 1. The predicted octanol–water partition coefficient (Wildman–Crippen LogP) is 3.78. The van der Waals surface area contributed by atoms with E-state index in [-0.39, 0.29) is 10.6 Å². The van der Waals surface area contributed by atoms with Gasteiger partial charge in [0.15, 0.2) is 17.4 Å². The molecule has 4 rings (SSSR count). The molecule has 222 valence electrons. The van der Waals surface area contributed by atoms with Crippen LogP contribution in [0, 0.1) is 11.6 Å². The number of pyridine rings is 1. The van der Waals surface area contributed by atoms with Crippen LogP contribution in [0.25, 0.3) is 10.8 Å². The molecule has 1 aromatic heterocycles. The van der Waals surface area contributed by atoms with Crippen molar-refractivity contribution in [2.45, 2.75) is 9.79 Å². The van der Waals surface area contributed by atoms with E-state index in [9.17, 15) is 30.4 Å². The average Bonchev–Trinajstić information content (AvgIpc) is 2.97. The number of fused-ring (bicyclic) bond motifs is 1. The van der Waals surface area contributed by atoms with Gasteiger partial charge in [0, 0.05) is 48.3 Å². The van der Waals surface area contributed by atoms with Gasteiger partial charge in [-0.25, -0.2) is 31.1 Å². The number of likely N-dealkylation sites (N-methyl/N-ethyl adjacent to an activating group) is 1. The number of amides is 1. The molecule has 0 unspecified atom stereocenters. The standard InChI is InChI=1S/C26H23ClF2N4O7S2/c1-32(42(38,39)24-4-2-3-17-15-30-10-9-21(17)24)11-12-33(16-25(34)31-35)41(36,37)20-13-22(28)26(23(29)14-20)40-19-7-5-18(27)6-8-19/h2-10,13-15,35H,11-12,16H2,1H3,(H,31,34). The van der Waals surface area contributed by atoms with Crippen LogP contribution in [0.15, 0.2) is 82.8 Å². The van der Waals surface area contributed by atoms with Gasteiger partial charge in [-0.2, -0.15) is 8.61 Å². The first-order valence-electron chi connectivity index (χ1n) is 12.0. The summed E-state index contributed by atoms with van der Waals surface area (Å²) in [6.45, 7) is -2.08. The monoisotopic (exact) mass is 640 g/mol. The van der Waals surface area contributed by atoms with E-state index in [1.807, 2.05) is 0 Å². The Labute approximate surface area is 245 Å². The maximum Gasteiger partial charge on any atom is 0.258 e. The number of ether oxygens (including phenoxy) is 1. The van der Waals surface area contributed by atoms with Crippen LogP contribution in [0.4, 0.5) is 8.78 Å². The number of aromatic nitrogens is 1. The van der Waals surface area contributed by atoms with E-state index < -0.39 is 67.9 Å². The first-order valence-corrected chi connectivity index (χ1v) is 15.2. The van der Waals surface area contributed by atoms with Gasteiger partial charge in [-0.3, -0.25) is 15.0 Å². The molecule has 0 aliphatic carbocycles. The second kappa shape index (κ2) is 12.6. The maximum absolute atomic E-state index is 14.9. The van der Waals surface area contributed by atoms with Crippen LogP contribution in [-0.2, 0) is 24.8 Å². The second-order valence-corrected chi connectivity index (χ2v) is 13.2. The summed E-state index contributed by atoms with van der Waals surface area (Å²) in [5.41, 5.74) is 1.29. The van der Waals surface area contributed by atoms with Crippen LogP contribution in [0.2, 0.25) is 5.02 Å². The Morgan fingerprint density at radius 2 is 1.67 bits per heavy atom. The molecule has 11 nitrogen and oxygen atoms in total. The molecule has 0 aliphatic heterocycles. The molecule has 42 heavy (non-hydrogen) atoms. The second-order valence-electron chi connectivity index (χ2n) is 8.83. The third-order valence-corrected chi connectivity index (χ3v) is 10.1. The molecule has 0 radical (unpaired) electrons. The van der Waals surface area contributed by atoms with Crippen molar-refractivity contribution in [3.05, 3.63) is 89.7 Å². The van der Waals surface area contributed by atoms with E-state index in [1.165, 1.54) is 67.4 Å². The van der Waals surface area contributed by atoms with Gasteiger partial charge >= 0.3 is 0 Å².